The fourth-order valence-electron chi connectivity index (χ4n) is 3.39. The van der Waals surface area contributed by atoms with Gasteiger partial charge in [0.2, 0.25) is 0 Å². The molecule has 4 rings (SSSR count). The molecular formula is C23H23NO. The minimum Gasteiger partial charge on any atom is -0.493 e. The molecule has 0 N–H and O–H groups in total. The minimum atomic E-state index is 0.823. The average Bonchev–Trinajstić information content (AvgIpc) is 3.09. The van der Waals surface area contributed by atoms with Crippen molar-refractivity contribution < 1.29 is 4.74 Å². The molecule has 1 aliphatic heterocycles. The first-order valence-corrected chi connectivity index (χ1v) is 8.86. The molecule has 0 aliphatic carbocycles. The Labute approximate surface area is 149 Å². The molecule has 0 unspecified atom stereocenters. The van der Waals surface area contributed by atoms with E-state index in [1.54, 1.807) is 0 Å². The van der Waals surface area contributed by atoms with Gasteiger partial charge in [-0.3, -0.25) is 4.90 Å². The summed E-state index contributed by atoms with van der Waals surface area (Å²) < 4.78 is 5.58. The molecule has 3 aromatic carbocycles. The quantitative estimate of drug-likeness (QED) is 0.659. The average molecular weight is 329 g/mol. The summed E-state index contributed by atoms with van der Waals surface area (Å²) in [6, 6.07) is 21.7. The second-order valence-electron chi connectivity index (χ2n) is 6.75. The molecule has 0 aromatic heterocycles. The van der Waals surface area contributed by atoms with Crippen LogP contribution in [0, 0.1) is 0 Å². The molecule has 0 saturated heterocycles. The molecule has 25 heavy (non-hydrogen) atoms. The van der Waals surface area contributed by atoms with Gasteiger partial charge < -0.3 is 4.74 Å². The lowest BCUT2D eigenvalue weighted by Crippen LogP contribution is -2.17. The third-order valence-corrected chi connectivity index (χ3v) is 4.71. The highest BCUT2D eigenvalue weighted by atomic mass is 16.5. The van der Waals surface area contributed by atoms with Crippen molar-refractivity contribution in [3.8, 4) is 5.75 Å². The fraction of sp³-hybridized carbons (Fsp3) is 0.217. The topological polar surface area (TPSA) is 12.5 Å². The molecule has 1 aliphatic rings. The lowest BCUT2D eigenvalue weighted by Gasteiger charge is -2.15. The van der Waals surface area contributed by atoms with Gasteiger partial charge in [0, 0.05) is 19.5 Å². The first kappa shape index (κ1) is 15.9. The first-order valence-electron chi connectivity index (χ1n) is 8.86. The molecule has 0 amide bonds. The molecule has 0 radical (unpaired) electrons. The predicted molar refractivity (Wildman–Crippen MR) is 105 cm³/mol. The number of likely N-dealkylation sites (N-methyl/N-ethyl adjacent to an activating group) is 1. The molecule has 2 heteroatoms. The fourth-order valence-corrected chi connectivity index (χ4v) is 3.39. The van der Waals surface area contributed by atoms with Crippen LogP contribution < -0.4 is 4.74 Å². The molecule has 126 valence electrons. The molecule has 1 heterocycles. The zero-order valence-electron chi connectivity index (χ0n) is 14.6. The first-order chi connectivity index (χ1) is 12.3. The number of benzene rings is 3. The maximum Gasteiger partial charge on any atom is 0.122 e. The maximum atomic E-state index is 5.58. The van der Waals surface area contributed by atoms with Gasteiger partial charge in [-0.1, -0.05) is 60.7 Å². The number of nitrogens with zero attached hydrogens (tertiary/aromatic N) is 1. The van der Waals surface area contributed by atoms with Crippen LogP contribution in [0.1, 0.15) is 16.7 Å². The van der Waals surface area contributed by atoms with Crippen molar-refractivity contribution in [1.82, 2.24) is 4.90 Å². The molecule has 0 fully saturated rings. The van der Waals surface area contributed by atoms with E-state index in [4.69, 9.17) is 4.74 Å². The Balaban J connectivity index is 1.37. The molecule has 0 atom stereocenters. The standard InChI is InChI=1S/C23H23NO/c1-24(17-19-9-11-23-22(16-19)12-14-25-23)13-4-5-18-8-10-20-6-2-3-7-21(20)15-18/h2-11,15-16H,12-14,17H2,1H3. The Morgan fingerprint density at radius 2 is 1.88 bits per heavy atom. The SMILES string of the molecule is CN(CC=Cc1ccc2ccccc2c1)Cc1ccc2c(c1)CCO2. The van der Waals surface area contributed by atoms with Crippen LogP contribution in [-0.4, -0.2) is 25.1 Å². The van der Waals surface area contributed by atoms with E-state index in [0.717, 1.165) is 31.9 Å². The summed E-state index contributed by atoms with van der Waals surface area (Å²) in [5.41, 5.74) is 3.95. The molecule has 2 nitrogen and oxygen atoms in total. The van der Waals surface area contributed by atoms with Crippen LogP contribution in [0.25, 0.3) is 16.8 Å². The Hall–Kier alpha value is -2.58. The number of fused-ring (bicyclic) bond motifs is 2. The van der Waals surface area contributed by atoms with Gasteiger partial charge in [-0.2, -0.15) is 0 Å². The summed E-state index contributed by atoms with van der Waals surface area (Å²) in [6.45, 7) is 2.71. The van der Waals surface area contributed by atoms with E-state index in [1.807, 2.05) is 0 Å². The summed E-state index contributed by atoms with van der Waals surface area (Å²) in [5, 5.41) is 2.58. The van der Waals surface area contributed by atoms with Crippen LogP contribution in [0.3, 0.4) is 0 Å². The van der Waals surface area contributed by atoms with Crippen LogP contribution in [0.5, 0.6) is 5.75 Å². The summed E-state index contributed by atoms with van der Waals surface area (Å²) >= 11 is 0. The van der Waals surface area contributed by atoms with E-state index < -0.39 is 0 Å². The van der Waals surface area contributed by atoms with E-state index in [0.29, 0.717) is 0 Å². The normalized spacial score (nSPS) is 13.5. The minimum absolute atomic E-state index is 0.823. The zero-order chi connectivity index (χ0) is 17.1. The maximum absolute atomic E-state index is 5.58. The van der Waals surface area contributed by atoms with Gasteiger partial charge in [0.1, 0.15) is 5.75 Å². The van der Waals surface area contributed by atoms with Crippen molar-refractivity contribution in [1.29, 1.82) is 0 Å². The van der Waals surface area contributed by atoms with Crippen molar-refractivity contribution in [2.24, 2.45) is 0 Å². The van der Waals surface area contributed by atoms with Crippen LogP contribution in [0.4, 0.5) is 0 Å². The van der Waals surface area contributed by atoms with Crippen molar-refractivity contribution in [3.63, 3.8) is 0 Å². The molecule has 3 aromatic rings. The second-order valence-corrected chi connectivity index (χ2v) is 6.75. The van der Waals surface area contributed by atoms with Crippen molar-refractivity contribution in [3.05, 3.63) is 83.4 Å². The number of ether oxygens (including phenoxy) is 1. The van der Waals surface area contributed by atoms with Crippen LogP contribution in [-0.2, 0) is 13.0 Å². The van der Waals surface area contributed by atoms with Gasteiger partial charge in [0.25, 0.3) is 0 Å². The monoisotopic (exact) mass is 329 g/mol. The molecule has 0 saturated carbocycles. The van der Waals surface area contributed by atoms with E-state index in [2.05, 4.69) is 84.8 Å². The Kier molecular flexibility index (Phi) is 4.53. The number of hydrogen-bond acceptors (Lipinski definition) is 2. The highest BCUT2D eigenvalue weighted by molar-refractivity contribution is 5.84. The van der Waals surface area contributed by atoms with E-state index >= 15 is 0 Å². The van der Waals surface area contributed by atoms with Crippen LogP contribution in [0.2, 0.25) is 0 Å². The lowest BCUT2D eigenvalue weighted by molar-refractivity contribution is 0.356. The van der Waals surface area contributed by atoms with Gasteiger partial charge in [-0.15, -0.1) is 0 Å². The van der Waals surface area contributed by atoms with Gasteiger partial charge >= 0.3 is 0 Å². The predicted octanol–water partition coefficient (Wildman–Crippen LogP) is 4.92. The van der Waals surface area contributed by atoms with Crippen molar-refractivity contribution in [2.75, 3.05) is 20.2 Å². The third kappa shape index (κ3) is 3.75. The van der Waals surface area contributed by atoms with E-state index in [1.165, 1.54) is 27.5 Å². The summed E-state index contributed by atoms with van der Waals surface area (Å²) in [5.74, 6) is 1.06. The van der Waals surface area contributed by atoms with Gasteiger partial charge in [-0.05, 0) is 46.6 Å². The van der Waals surface area contributed by atoms with Crippen LogP contribution in [0.15, 0.2) is 66.7 Å². The Morgan fingerprint density at radius 3 is 2.80 bits per heavy atom. The highest BCUT2D eigenvalue weighted by Crippen LogP contribution is 2.26. The third-order valence-electron chi connectivity index (χ3n) is 4.71. The molecule has 0 spiro atoms. The number of rotatable bonds is 5. The molecule has 0 bridgehead atoms. The van der Waals surface area contributed by atoms with Gasteiger partial charge in [-0.25, -0.2) is 0 Å². The van der Waals surface area contributed by atoms with E-state index in [9.17, 15) is 0 Å². The van der Waals surface area contributed by atoms with Crippen molar-refractivity contribution >= 4 is 16.8 Å². The van der Waals surface area contributed by atoms with E-state index in [-0.39, 0.29) is 0 Å². The lowest BCUT2D eigenvalue weighted by atomic mass is 10.1. The van der Waals surface area contributed by atoms with Gasteiger partial charge in [0.05, 0.1) is 6.61 Å². The van der Waals surface area contributed by atoms with Crippen LogP contribution >= 0.6 is 0 Å². The van der Waals surface area contributed by atoms with Crippen molar-refractivity contribution in [2.45, 2.75) is 13.0 Å². The summed E-state index contributed by atoms with van der Waals surface area (Å²) in [7, 11) is 2.16. The zero-order valence-corrected chi connectivity index (χ0v) is 14.6. The highest BCUT2D eigenvalue weighted by Gasteiger charge is 2.12. The largest absolute Gasteiger partial charge is 0.493 e. The van der Waals surface area contributed by atoms with Gasteiger partial charge in [0.15, 0.2) is 0 Å². The summed E-state index contributed by atoms with van der Waals surface area (Å²) in [4.78, 5) is 2.33. The number of hydrogen-bond donors (Lipinski definition) is 0. The summed E-state index contributed by atoms with van der Waals surface area (Å²) in [6.07, 6.45) is 5.48. The molecular weight excluding hydrogens is 306 g/mol. The second kappa shape index (κ2) is 7.12. The Morgan fingerprint density at radius 1 is 1.00 bits per heavy atom. The smallest absolute Gasteiger partial charge is 0.122 e. The Bertz CT molecular complexity index is 913.